The highest BCUT2D eigenvalue weighted by atomic mass is 32.2. The van der Waals surface area contributed by atoms with Crippen molar-refractivity contribution in [2.75, 3.05) is 52.5 Å². The van der Waals surface area contributed by atoms with Crippen LogP contribution >= 0.6 is 0 Å². The van der Waals surface area contributed by atoms with Gasteiger partial charge in [0, 0.05) is 25.6 Å². The van der Waals surface area contributed by atoms with Crippen molar-refractivity contribution in [3.63, 3.8) is 0 Å². The van der Waals surface area contributed by atoms with Gasteiger partial charge in [0.05, 0.1) is 24.7 Å². The first-order valence-electron chi connectivity index (χ1n) is 11.9. The monoisotopic (exact) mass is 487 g/mol. The number of morpholine rings is 1. The van der Waals surface area contributed by atoms with Crippen molar-refractivity contribution in [3.05, 3.63) is 60.2 Å². The van der Waals surface area contributed by atoms with Crippen molar-refractivity contribution in [1.29, 1.82) is 0 Å². The van der Waals surface area contributed by atoms with E-state index in [2.05, 4.69) is 34.5 Å². The molecule has 0 radical (unpaired) electrons. The van der Waals surface area contributed by atoms with E-state index in [9.17, 15) is 13.2 Å². The fourth-order valence-corrected chi connectivity index (χ4v) is 5.73. The summed E-state index contributed by atoms with van der Waals surface area (Å²) in [5, 5.41) is 2.97. The van der Waals surface area contributed by atoms with Crippen LogP contribution in [0.15, 0.2) is 59.5 Å². The van der Waals surface area contributed by atoms with Gasteiger partial charge in [-0.05, 0) is 55.8 Å². The molecule has 0 unspecified atom stereocenters. The Bertz CT molecular complexity index is 1020. The summed E-state index contributed by atoms with van der Waals surface area (Å²) in [6.45, 7) is 5.07. The number of rotatable bonds is 9. The second kappa shape index (κ2) is 11.8. The Hall–Kier alpha value is -2.46. The minimum atomic E-state index is -3.51. The Morgan fingerprint density at radius 1 is 0.971 bits per heavy atom. The van der Waals surface area contributed by atoms with Gasteiger partial charge in [-0.3, -0.25) is 9.69 Å². The summed E-state index contributed by atoms with van der Waals surface area (Å²) in [4.78, 5) is 15.2. The Labute approximate surface area is 201 Å². The van der Waals surface area contributed by atoms with E-state index >= 15 is 0 Å². The van der Waals surface area contributed by atoms with Crippen LogP contribution in [0.5, 0.6) is 5.75 Å². The first kappa shape index (κ1) is 24.7. The molecule has 9 heteroatoms. The number of likely N-dealkylation sites (tertiary alicyclic amines) is 1. The molecule has 2 aromatic rings. The fraction of sp³-hybridized carbons (Fsp3) is 0.480. The highest BCUT2D eigenvalue weighted by Crippen LogP contribution is 2.21. The molecule has 2 aliphatic rings. The van der Waals surface area contributed by atoms with E-state index in [1.54, 1.807) is 24.3 Å². The van der Waals surface area contributed by atoms with E-state index in [1.165, 1.54) is 9.87 Å². The molecule has 0 spiro atoms. The lowest BCUT2D eigenvalue weighted by molar-refractivity contribution is -0.126. The standard InChI is InChI=1S/C25H33N3O5S/c29-25(22-10-13-27(14-11-22)20-21-4-2-1-3-5-21)26-12-17-33-23-6-8-24(9-7-23)34(30,31)28-15-18-32-19-16-28/h1-9,22H,10-20H2,(H,26,29). The number of carbonyl (C=O) groups is 1. The number of benzene rings is 2. The molecule has 34 heavy (non-hydrogen) atoms. The maximum Gasteiger partial charge on any atom is 0.243 e. The van der Waals surface area contributed by atoms with Gasteiger partial charge in [0.2, 0.25) is 15.9 Å². The average molecular weight is 488 g/mol. The van der Waals surface area contributed by atoms with Crippen LogP contribution in [0.2, 0.25) is 0 Å². The number of nitrogens with zero attached hydrogens (tertiary/aromatic N) is 2. The van der Waals surface area contributed by atoms with E-state index in [0.29, 0.717) is 45.2 Å². The van der Waals surface area contributed by atoms with Gasteiger partial charge in [-0.2, -0.15) is 4.31 Å². The first-order valence-corrected chi connectivity index (χ1v) is 13.3. The Morgan fingerprint density at radius 3 is 2.32 bits per heavy atom. The molecule has 184 valence electrons. The molecule has 2 saturated heterocycles. The number of ether oxygens (including phenoxy) is 2. The third-order valence-corrected chi connectivity index (χ3v) is 8.22. The van der Waals surface area contributed by atoms with Crippen LogP contribution in [-0.2, 0) is 26.1 Å². The Morgan fingerprint density at radius 2 is 1.65 bits per heavy atom. The fourth-order valence-electron chi connectivity index (χ4n) is 4.33. The predicted molar refractivity (Wildman–Crippen MR) is 129 cm³/mol. The van der Waals surface area contributed by atoms with Crippen molar-refractivity contribution in [3.8, 4) is 5.75 Å². The van der Waals surface area contributed by atoms with Crippen molar-refractivity contribution < 1.29 is 22.7 Å². The predicted octanol–water partition coefficient (Wildman–Crippen LogP) is 2.11. The molecular formula is C25H33N3O5S. The molecule has 0 aromatic heterocycles. The minimum Gasteiger partial charge on any atom is -0.492 e. The van der Waals surface area contributed by atoms with Crippen LogP contribution in [0.4, 0.5) is 0 Å². The molecule has 0 aliphatic carbocycles. The second-order valence-electron chi connectivity index (χ2n) is 8.66. The summed E-state index contributed by atoms with van der Waals surface area (Å²) in [5.74, 6) is 0.691. The van der Waals surface area contributed by atoms with Gasteiger partial charge in [-0.1, -0.05) is 30.3 Å². The lowest BCUT2D eigenvalue weighted by Crippen LogP contribution is -2.41. The van der Waals surface area contributed by atoms with Gasteiger partial charge in [-0.25, -0.2) is 8.42 Å². The molecule has 0 atom stereocenters. The molecule has 1 amide bonds. The van der Waals surface area contributed by atoms with Gasteiger partial charge in [-0.15, -0.1) is 0 Å². The van der Waals surface area contributed by atoms with Crippen LogP contribution in [0, 0.1) is 5.92 Å². The average Bonchev–Trinajstić information content (AvgIpc) is 2.88. The zero-order valence-electron chi connectivity index (χ0n) is 19.4. The topological polar surface area (TPSA) is 88.2 Å². The third-order valence-electron chi connectivity index (χ3n) is 6.31. The van der Waals surface area contributed by atoms with Gasteiger partial charge in [0.1, 0.15) is 12.4 Å². The van der Waals surface area contributed by atoms with E-state index in [4.69, 9.17) is 9.47 Å². The van der Waals surface area contributed by atoms with Crippen molar-refractivity contribution in [2.45, 2.75) is 24.3 Å². The molecule has 2 heterocycles. The number of amides is 1. The van der Waals surface area contributed by atoms with Gasteiger partial charge in [0.25, 0.3) is 0 Å². The lowest BCUT2D eigenvalue weighted by atomic mass is 9.95. The van der Waals surface area contributed by atoms with Crippen LogP contribution in [0.1, 0.15) is 18.4 Å². The summed E-state index contributed by atoms with van der Waals surface area (Å²) < 4.78 is 37.7. The van der Waals surface area contributed by atoms with Crippen LogP contribution < -0.4 is 10.1 Å². The molecule has 8 nitrogen and oxygen atoms in total. The number of nitrogens with one attached hydrogen (secondary N) is 1. The number of hydrogen-bond donors (Lipinski definition) is 1. The number of carbonyl (C=O) groups excluding carboxylic acids is 1. The lowest BCUT2D eigenvalue weighted by Gasteiger charge is -2.31. The van der Waals surface area contributed by atoms with Crippen molar-refractivity contribution in [2.24, 2.45) is 5.92 Å². The first-order chi connectivity index (χ1) is 16.5. The minimum absolute atomic E-state index is 0.0386. The van der Waals surface area contributed by atoms with Crippen LogP contribution in [0.3, 0.4) is 0 Å². The molecule has 2 fully saturated rings. The maximum atomic E-state index is 12.7. The second-order valence-corrected chi connectivity index (χ2v) is 10.6. The van der Waals surface area contributed by atoms with Crippen LogP contribution in [-0.4, -0.2) is 76.1 Å². The molecule has 1 N–H and O–H groups in total. The maximum absolute atomic E-state index is 12.7. The number of piperidine rings is 1. The molecule has 2 aromatic carbocycles. The van der Waals surface area contributed by atoms with Crippen molar-refractivity contribution in [1.82, 2.24) is 14.5 Å². The number of hydrogen-bond acceptors (Lipinski definition) is 6. The third kappa shape index (κ3) is 6.56. The summed E-state index contributed by atoms with van der Waals surface area (Å²) in [6, 6.07) is 16.8. The molecule has 4 rings (SSSR count). The number of sulfonamides is 1. The molecular weight excluding hydrogens is 454 g/mol. The van der Waals surface area contributed by atoms with Gasteiger partial charge >= 0.3 is 0 Å². The molecule has 0 bridgehead atoms. The van der Waals surface area contributed by atoms with Gasteiger partial charge < -0.3 is 14.8 Å². The quantitative estimate of drug-likeness (QED) is 0.545. The summed E-state index contributed by atoms with van der Waals surface area (Å²) in [5.41, 5.74) is 1.30. The van der Waals surface area contributed by atoms with E-state index < -0.39 is 10.0 Å². The SMILES string of the molecule is O=C(NCCOc1ccc(S(=O)(=O)N2CCOCC2)cc1)C1CCN(Cc2ccccc2)CC1. The Balaban J connectivity index is 1.15. The summed E-state index contributed by atoms with van der Waals surface area (Å²) >= 11 is 0. The van der Waals surface area contributed by atoms with E-state index in [0.717, 1.165) is 32.5 Å². The normalized spacial score (nSPS) is 18.5. The Kier molecular flexibility index (Phi) is 8.55. The largest absolute Gasteiger partial charge is 0.492 e. The van der Waals surface area contributed by atoms with Crippen molar-refractivity contribution >= 4 is 15.9 Å². The highest BCUT2D eigenvalue weighted by Gasteiger charge is 2.26. The van der Waals surface area contributed by atoms with Gasteiger partial charge in [0.15, 0.2) is 0 Å². The highest BCUT2D eigenvalue weighted by molar-refractivity contribution is 7.89. The smallest absolute Gasteiger partial charge is 0.243 e. The van der Waals surface area contributed by atoms with Crippen LogP contribution in [0.25, 0.3) is 0 Å². The molecule has 2 aliphatic heterocycles. The summed E-state index contributed by atoms with van der Waals surface area (Å²) in [6.07, 6.45) is 1.72. The zero-order chi connectivity index (χ0) is 23.8. The molecule has 0 saturated carbocycles. The zero-order valence-corrected chi connectivity index (χ0v) is 20.2. The summed E-state index contributed by atoms with van der Waals surface area (Å²) in [7, 11) is -3.51. The van der Waals surface area contributed by atoms with E-state index in [-0.39, 0.29) is 16.7 Å². The van der Waals surface area contributed by atoms with E-state index in [1.807, 2.05) is 6.07 Å².